The maximum Gasteiger partial charge on any atom is 0.228 e. The van der Waals surface area contributed by atoms with E-state index in [0.717, 1.165) is 19.5 Å². The largest absolute Gasteiger partial charge is 0.379 e. The van der Waals surface area contributed by atoms with Gasteiger partial charge in [-0.15, -0.1) is 0 Å². The Morgan fingerprint density at radius 3 is 2.47 bits per heavy atom. The summed E-state index contributed by atoms with van der Waals surface area (Å²) in [6, 6.07) is 0. The van der Waals surface area contributed by atoms with E-state index in [2.05, 4.69) is 6.92 Å². The van der Waals surface area contributed by atoms with Gasteiger partial charge in [-0.1, -0.05) is 27.7 Å². The third kappa shape index (κ3) is 2.94. The Labute approximate surface area is 92.8 Å². The number of piperidine rings is 1. The number of amides is 1. The number of rotatable bonds is 1. The molecular weight excluding hydrogens is 190 g/mol. The summed E-state index contributed by atoms with van der Waals surface area (Å²) in [5, 5.41) is 0. The summed E-state index contributed by atoms with van der Waals surface area (Å²) in [6.07, 6.45) is 1.24. The average Bonchev–Trinajstić information content (AvgIpc) is 2.16. The molecule has 1 fully saturated rings. The summed E-state index contributed by atoms with van der Waals surface area (Å²) in [6.45, 7) is 9.71. The Kier molecular flexibility index (Phi) is 3.77. The minimum Gasteiger partial charge on any atom is -0.379 e. The first kappa shape index (κ1) is 12.5. The van der Waals surface area contributed by atoms with E-state index in [1.165, 1.54) is 0 Å². The first-order valence-corrected chi connectivity index (χ1v) is 5.68. The van der Waals surface area contributed by atoms with E-state index in [4.69, 9.17) is 4.74 Å². The summed E-state index contributed by atoms with van der Waals surface area (Å²) in [5.41, 5.74) is -0.279. The Morgan fingerprint density at radius 1 is 1.40 bits per heavy atom. The van der Waals surface area contributed by atoms with Crippen molar-refractivity contribution >= 4 is 5.91 Å². The van der Waals surface area contributed by atoms with Crippen LogP contribution in [0.3, 0.4) is 0 Å². The number of carbonyl (C=O) groups is 1. The molecule has 15 heavy (non-hydrogen) atoms. The predicted molar refractivity (Wildman–Crippen MR) is 60.6 cm³/mol. The predicted octanol–water partition coefficient (Wildman–Crippen LogP) is 1.92. The van der Waals surface area contributed by atoms with Crippen LogP contribution >= 0.6 is 0 Å². The summed E-state index contributed by atoms with van der Waals surface area (Å²) in [5.74, 6) is 0.787. The molecule has 88 valence electrons. The zero-order valence-corrected chi connectivity index (χ0v) is 10.5. The Bertz CT molecular complexity index is 232. The zero-order valence-electron chi connectivity index (χ0n) is 10.5. The molecule has 1 saturated heterocycles. The molecule has 0 saturated carbocycles. The molecule has 2 atom stereocenters. The smallest absolute Gasteiger partial charge is 0.228 e. The van der Waals surface area contributed by atoms with E-state index < -0.39 is 0 Å². The van der Waals surface area contributed by atoms with Crippen LogP contribution in [0.1, 0.15) is 34.1 Å². The van der Waals surface area contributed by atoms with Crippen molar-refractivity contribution < 1.29 is 9.53 Å². The minimum atomic E-state index is -0.279. The van der Waals surface area contributed by atoms with E-state index in [9.17, 15) is 4.79 Å². The molecule has 3 nitrogen and oxygen atoms in total. The van der Waals surface area contributed by atoms with Gasteiger partial charge in [0.15, 0.2) is 0 Å². The van der Waals surface area contributed by atoms with Crippen molar-refractivity contribution in [1.29, 1.82) is 0 Å². The molecule has 0 aromatic heterocycles. The fourth-order valence-corrected chi connectivity index (χ4v) is 2.00. The third-order valence-corrected chi connectivity index (χ3v) is 3.12. The van der Waals surface area contributed by atoms with Crippen LogP contribution in [0.2, 0.25) is 0 Å². The molecule has 0 spiro atoms. The lowest BCUT2D eigenvalue weighted by molar-refractivity contribution is -0.144. The molecule has 0 aromatic carbocycles. The summed E-state index contributed by atoms with van der Waals surface area (Å²) in [4.78, 5) is 14.0. The first-order valence-electron chi connectivity index (χ1n) is 5.68. The number of ether oxygens (including phenoxy) is 1. The van der Waals surface area contributed by atoms with Gasteiger partial charge in [-0.3, -0.25) is 4.79 Å². The van der Waals surface area contributed by atoms with E-state index >= 15 is 0 Å². The second kappa shape index (κ2) is 4.52. The molecule has 3 heteroatoms. The molecule has 0 aromatic rings. The Morgan fingerprint density at radius 2 is 2.00 bits per heavy atom. The van der Waals surface area contributed by atoms with Crippen molar-refractivity contribution in [3.05, 3.63) is 0 Å². The fraction of sp³-hybridized carbons (Fsp3) is 0.917. The van der Waals surface area contributed by atoms with Gasteiger partial charge >= 0.3 is 0 Å². The number of carbonyl (C=O) groups excluding carboxylic acids is 1. The second-order valence-electron chi connectivity index (χ2n) is 5.54. The molecule has 0 radical (unpaired) electrons. The number of likely N-dealkylation sites (tertiary alicyclic amines) is 1. The zero-order chi connectivity index (χ0) is 11.6. The van der Waals surface area contributed by atoms with Crippen LogP contribution in [-0.4, -0.2) is 37.1 Å². The normalized spacial score (nSPS) is 27.9. The van der Waals surface area contributed by atoms with Crippen LogP contribution in [0.4, 0.5) is 0 Å². The van der Waals surface area contributed by atoms with Crippen molar-refractivity contribution in [1.82, 2.24) is 4.90 Å². The number of nitrogens with zero attached hydrogens (tertiary/aromatic N) is 1. The standard InChI is InChI=1S/C12H23NO2/c1-9-6-7-13(8-10(9)15-5)11(14)12(2,3)4/h9-10H,6-8H2,1-5H3. The highest BCUT2D eigenvalue weighted by atomic mass is 16.5. The van der Waals surface area contributed by atoms with Crippen molar-refractivity contribution in [2.45, 2.75) is 40.2 Å². The van der Waals surface area contributed by atoms with Crippen molar-refractivity contribution in [3.8, 4) is 0 Å². The van der Waals surface area contributed by atoms with Crippen LogP contribution in [0.25, 0.3) is 0 Å². The van der Waals surface area contributed by atoms with E-state index in [-0.39, 0.29) is 17.4 Å². The van der Waals surface area contributed by atoms with Gasteiger partial charge in [0.25, 0.3) is 0 Å². The van der Waals surface area contributed by atoms with Crippen LogP contribution in [-0.2, 0) is 9.53 Å². The maximum absolute atomic E-state index is 12.1. The highest BCUT2D eigenvalue weighted by Gasteiger charge is 2.33. The van der Waals surface area contributed by atoms with Gasteiger partial charge in [0.2, 0.25) is 5.91 Å². The van der Waals surface area contributed by atoms with E-state index in [1.54, 1.807) is 7.11 Å². The highest BCUT2D eigenvalue weighted by Crippen LogP contribution is 2.24. The molecule has 1 aliphatic heterocycles. The molecule has 1 rings (SSSR count). The molecule has 0 N–H and O–H groups in total. The van der Waals surface area contributed by atoms with Crippen LogP contribution in [0, 0.1) is 11.3 Å². The molecule has 1 heterocycles. The fourth-order valence-electron chi connectivity index (χ4n) is 2.00. The lowest BCUT2D eigenvalue weighted by Gasteiger charge is -2.39. The monoisotopic (exact) mass is 213 g/mol. The average molecular weight is 213 g/mol. The molecule has 0 aliphatic carbocycles. The van der Waals surface area contributed by atoms with Crippen molar-refractivity contribution in [3.63, 3.8) is 0 Å². The van der Waals surface area contributed by atoms with Crippen molar-refractivity contribution in [2.75, 3.05) is 20.2 Å². The Hall–Kier alpha value is -0.570. The first-order chi connectivity index (χ1) is 6.86. The van der Waals surface area contributed by atoms with Crippen molar-refractivity contribution in [2.24, 2.45) is 11.3 Å². The molecular formula is C12H23NO2. The van der Waals surface area contributed by atoms with Gasteiger partial charge in [0.05, 0.1) is 6.10 Å². The lowest BCUT2D eigenvalue weighted by atomic mass is 9.90. The van der Waals surface area contributed by atoms with Crippen LogP contribution < -0.4 is 0 Å². The Balaban J connectivity index is 2.62. The van der Waals surface area contributed by atoms with Gasteiger partial charge in [-0.25, -0.2) is 0 Å². The van der Waals surface area contributed by atoms with Gasteiger partial charge in [-0.2, -0.15) is 0 Å². The number of methoxy groups -OCH3 is 1. The summed E-state index contributed by atoms with van der Waals surface area (Å²) in [7, 11) is 1.73. The number of hydrogen-bond acceptors (Lipinski definition) is 2. The molecule has 2 unspecified atom stereocenters. The molecule has 0 bridgehead atoms. The van der Waals surface area contributed by atoms with E-state index in [0.29, 0.717) is 5.92 Å². The number of hydrogen-bond donors (Lipinski definition) is 0. The third-order valence-electron chi connectivity index (χ3n) is 3.12. The lowest BCUT2D eigenvalue weighted by Crippen LogP contribution is -2.50. The van der Waals surface area contributed by atoms with Gasteiger partial charge in [0, 0.05) is 25.6 Å². The molecule has 1 amide bonds. The van der Waals surface area contributed by atoms with Gasteiger partial charge in [-0.05, 0) is 12.3 Å². The van der Waals surface area contributed by atoms with Crippen LogP contribution in [0.5, 0.6) is 0 Å². The van der Waals surface area contributed by atoms with Crippen LogP contribution in [0.15, 0.2) is 0 Å². The van der Waals surface area contributed by atoms with E-state index in [1.807, 2.05) is 25.7 Å². The summed E-state index contributed by atoms with van der Waals surface area (Å²) < 4.78 is 5.40. The SMILES string of the molecule is COC1CN(C(=O)C(C)(C)C)CCC1C. The topological polar surface area (TPSA) is 29.5 Å². The maximum atomic E-state index is 12.1. The highest BCUT2D eigenvalue weighted by molar-refractivity contribution is 5.81. The quantitative estimate of drug-likeness (QED) is 0.666. The summed E-state index contributed by atoms with van der Waals surface area (Å²) >= 11 is 0. The minimum absolute atomic E-state index is 0.199. The van der Waals surface area contributed by atoms with Gasteiger partial charge < -0.3 is 9.64 Å². The van der Waals surface area contributed by atoms with Gasteiger partial charge in [0.1, 0.15) is 0 Å². The molecule has 1 aliphatic rings. The second-order valence-corrected chi connectivity index (χ2v) is 5.54.